The topological polar surface area (TPSA) is 154 Å². The van der Waals surface area contributed by atoms with Crippen LogP contribution in [0.2, 0.25) is 0 Å². The maximum Gasteiger partial charge on any atom is 0.239 e. The van der Waals surface area contributed by atoms with Crippen molar-refractivity contribution in [3.63, 3.8) is 0 Å². The van der Waals surface area contributed by atoms with Gasteiger partial charge >= 0.3 is 0 Å². The largest absolute Gasteiger partial charge is 0.317 e. The molecule has 0 aromatic heterocycles. The number of sulfone groups is 1. The molecule has 0 saturated carbocycles. The van der Waals surface area contributed by atoms with Crippen LogP contribution in [0.5, 0.6) is 0 Å². The predicted molar refractivity (Wildman–Crippen MR) is 116 cm³/mol. The maximum atomic E-state index is 12.5. The van der Waals surface area contributed by atoms with Gasteiger partial charge in [0.1, 0.15) is 11.1 Å². The molecule has 4 rings (SSSR count). The highest BCUT2D eigenvalue weighted by Crippen LogP contribution is 2.37. The summed E-state index contributed by atoms with van der Waals surface area (Å²) in [5.41, 5.74) is 13.7. The Hall–Kier alpha value is -1.90. The summed E-state index contributed by atoms with van der Waals surface area (Å²) in [4.78, 5) is -0.763. The predicted octanol–water partition coefficient (Wildman–Crippen LogP) is -0.0129. The SMILES string of the molecule is CS(=O)(=O)c1ccc(-c2ccc(C3CCNCC3)cc2)c(C2NNNN2)c1S(N)(=O)=O. The number of nitrogens with one attached hydrogen (secondary N) is 5. The van der Waals surface area contributed by atoms with Gasteiger partial charge in [0.2, 0.25) is 10.0 Å². The third-order valence-electron chi connectivity index (χ3n) is 5.66. The Morgan fingerprint density at radius 2 is 1.52 bits per heavy atom. The minimum Gasteiger partial charge on any atom is -0.317 e. The highest BCUT2D eigenvalue weighted by Gasteiger charge is 2.32. The van der Waals surface area contributed by atoms with Gasteiger partial charge in [-0.25, -0.2) is 32.8 Å². The van der Waals surface area contributed by atoms with Crippen molar-refractivity contribution in [2.24, 2.45) is 5.14 Å². The van der Waals surface area contributed by atoms with Crippen molar-refractivity contribution in [1.82, 2.24) is 27.2 Å². The van der Waals surface area contributed by atoms with Crippen LogP contribution >= 0.6 is 0 Å². The van der Waals surface area contributed by atoms with Crippen molar-refractivity contribution in [2.75, 3.05) is 19.3 Å². The summed E-state index contributed by atoms with van der Waals surface area (Å²) in [7, 11) is -8.21. The standard InChI is InChI=1S/C19H26N6O4S2/c1-30(26,27)16-7-6-15(17(18(16)31(20,28)29)19-22-24-25-23-19)14-4-2-12(3-5-14)13-8-10-21-11-9-13/h2-7,13,19,21-25H,8-11H2,1H3,(H2,20,28,29). The molecule has 0 amide bonds. The summed E-state index contributed by atoms with van der Waals surface area (Å²) < 4.78 is 49.7. The molecule has 0 unspecified atom stereocenters. The van der Waals surface area contributed by atoms with Crippen LogP contribution in [0.25, 0.3) is 11.1 Å². The van der Waals surface area contributed by atoms with Crippen LogP contribution in [0.15, 0.2) is 46.2 Å². The lowest BCUT2D eigenvalue weighted by Gasteiger charge is -2.24. The van der Waals surface area contributed by atoms with E-state index in [1.165, 1.54) is 11.6 Å². The van der Waals surface area contributed by atoms with Gasteiger partial charge in [0.25, 0.3) is 0 Å². The van der Waals surface area contributed by atoms with Gasteiger partial charge in [0.05, 0.1) is 4.90 Å². The van der Waals surface area contributed by atoms with E-state index in [9.17, 15) is 16.8 Å². The first-order valence-corrected chi connectivity index (χ1v) is 13.3. The average molecular weight is 467 g/mol. The number of primary sulfonamides is 1. The van der Waals surface area contributed by atoms with E-state index < -0.39 is 30.9 Å². The number of hydrogen-bond donors (Lipinski definition) is 6. The lowest BCUT2D eigenvalue weighted by Crippen LogP contribution is -2.33. The van der Waals surface area contributed by atoms with E-state index >= 15 is 0 Å². The molecule has 168 valence electrons. The molecule has 12 heteroatoms. The lowest BCUT2D eigenvalue weighted by atomic mass is 9.88. The van der Waals surface area contributed by atoms with Crippen molar-refractivity contribution >= 4 is 19.9 Å². The first-order valence-electron chi connectivity index (χ1n) is 9.88. The average Bonchev–Trinajstić information content (AvgIpc) is 3.27. The highest BCUT2D eigenvalue weighted by molar-refractivity contribution is 7.93. The summed E-state index contributed by atoms with van der Waals surface area (Å²) >= 11 is 0. The number of benzene rings is 2. The Morgan fingerprint density at radius 1 is 0.903 bits per heavy atom. The highest BCUT2D eigenvalue weighted by atomic mass is 32.2. The molecule has 10 nitrogen and oxygen atoms in total. The molecule has 2 heterocycles. The fourth-order valence-electron chi connectivity index (χ4n) is 4.19. The Balaban J connectivity index is 1.88. The molecule has 7 N–H and O–H groups in total. The summed E-state index contributed by atoms with van der Waals surface area (Å²) in [6, 6.07) is 10.9. The van der Waals surface area contributed by atoms with Gasteiger partial charge in [-0.15, -0.1) is 0 Å². The number of hydrazine groups is 3. The van der Waals surface area contributed by atoms with Gasteiger partial charge in [0, 0.05) is 11.8 Å². The van der Waals surface area contributed by atoms with Crippen LogP contribution < -0.4 is 32.4 Å². The molecule has 0 atom stereocenters. The Labute approximate surface area is 181 Å². The Bertz CT molecular complexity index is 1170. The molecule has 2 saturated heterocycles. The molecule has 0 bridgehead atoms. The van der Waals surface area contributed by atoms with Crippen LogP contribution in [0.1, 0.15) is 36.1 Å². The molecule has 31 heavy (non-hydrogen) atoms. The molecule has 0 spiro atoms. The first-order chi connectivity index (χ1) is 14.7. The van der Waals surface area contributed by atoms with Gasteiger partial charge < -0.3 is 5.32 Å². The molecule has 0 aliphatic carbocycles. The van der Waals surface area contributed by atoms with Gasteiger partial charge in [-0.1, -0.05) is 30.3 Å². The zero-order valence-corrected chi connectivity index (χ0v) is 18.6. The zero-order valence-electron chi connectivity index (χ0n) is 17.0. The second-order valence-electron chi connectivity index (χ2n) is 7.79. The monoisotopic (exact) mass is 466 g/mol. The molecule has 0 radical (unpaired) electrons. The number of sulfonamides is 1. The molecular weight excluding hydrogens is 440 g/mol. The fourth-order valence-corrected chi connectivity index (χ4v) is 6.64. The molecule has 2 aliphatic rings. The van der Waals surface area contributed by atoms with Crippen molar-refractivity contribution in [1.29, 1.82) is 0 Å². The van der Waals surface area contributed by atoms with Crippen molar-refractivity contribution in [2.45, 2.75) is 34.7 Å². The molecule has 2 aliphatic heterocycles. The minimum absolute atomic E-state index is 0.220. The second-order valence-corrected chi connectivity index (χ2v) is 11.3. The van der Waals surface area contributed by atoms with Gasteiger partial charge in [-0.2, -0.15) is 11.1 Å². The van der Waals surface area contributed by atoms with E-state index in [1.54, 1.807) is 6.07 Å². The number of rotatable bonds is 5. The number of piperidine rings is 1. The van der Waals surface area contributed by atoms with Crippen LogP contribution in [0, 0.1) is 0 Å². The first kappa shape index (κ1) is 22.3. The second kappa shape index (κ2) is 8.56. The molecule has 2 fully saturated rings. The van der Waals surface area contributed by atoms with Gasteiger partial charge in [0.15, 0.2) is 9.84 Å². The zero-order chi connectivity index (χ0) is 22.2. The summed E-state index contributed by atoms with van der Waals surface area (Å²) in [5.74, 6) is 0.480. The molecular formula is C19H26N6O4S2. The molecule has 2 aromatic carbocycles. The Kier molecular flexibility index (Phi) is 6.16. The van der Waals surface area contributed by atoms with Crippen LogP contribution in [0.4, 0.5) is 0 Å². The third-order valence-corrected chi connectivity index (χ3v) is 7.94. The van der Waals surface area contributed by atoms with Crippen molar-refractivity contribution < 1.29 is 16.8 Å². The van der Waals surface area contributed by atoms with E-state index in [2.05, 4.69) is 27.2 Å². The van der Waals surface area contributed by atoms with E-state index in [1.807, 2.05) is 24.3 Å². The summed E-state index contributed by atoms with van der Waals surface area (Å²) in [6.45, 7) is 1.97. The third kappa shape index (κ3) is 4.66. The van der Waals surface area contributed by atoms with E-state index in [0.717, 1.165) is 37.8 Å². The maximum absolute atomic E-state index is 12.5. The Morgan fingerprint density at radius 3 is 2.06 bits per heavy atom. The molecule has 2 aromatic rings. The van der Waals surface area contributed by atoms with Crippen molar-refractivity contribution in [3.8, 4) is 11.1 Å². The minimum atomic E-state index is -4.36. The van der Waals surface area contributed by atoms with Crippen LogP contribution in [0.3, 0.4) is 0 Å². The number of hydrogen-bond acceptors (Lipinski definition) is 9. The normalized spacial score (nSPS) is 19.0. The smallest absolute Gasteiger partial charge is 0.239 e. The quantitative estimate of drug-likeness (QED) is 0.357. The fraction of sp³-hybridized carbons (Fsp3) is 0.368. The number of nitrogens with two attached hydrogens (primary N) is 1. The van der Waals surface area contributed by atoms with Crippen molar-refractivity contribution in [3.05, 3.63) is 47.5 Å². The van der Waals surface area contributed by atoms with E-state index in [-0.39, 0.29) is 10.5 Å². The van der Waals surface area contributed by atoms with Crippen LogP contribution in [-0.4, -0.2) is 36.2 Å². The lowest BCUT2D eigenvalue weighted by molar-refractivity contribution is 0.460. The summed E-state index contributed by atoms with van der Waals surface area (Å²) in [5, 5.41) is 8.85. The van der Waals surface area contributed by atoms with Crippen LogP contribution in [-0.2, 0) is 19.9 Å². The van der Waals surface area contributed by atoms with Gasteiger partial charge in [-0.05, 0) is 54.6 Å². The van der Waals surface area contributed by atoms with E-state index in [4.69, 9.17) is 5.14 Å². The van der Waals surface area contributed by atoms with E-state index in [0.29, 0.717) is 11.5 Å². The summed E-state index contributed by atoms with van der Waals surface area (Å²) in [6.07, 6.45) is 2.35. The van der Waals surface area contributed by atoms with Gasteiger partial charge in [-0.3, -0.25) is 0 Å².